The Labute approximate surface area is 179 Å². The molecule has 170 valence electrons. The average Bonchev–Trinajstić information content (AvgIpc) is 2.70. The van der Waals surface area contributed by atoms with Gasteiger partial charge in [-0.25, -0.2) is 9.59 Å². The first-order valence-electron chi connectivity index (χ1n) is 10.3. The van der Waals surface area contributed by atoms with Crippen molar-refractivity contribution in [3.8, 4) is 0 Å². The Kier molecular flexibility index (Phi) is 5.70. The Morgan fingerprint density at radius 3 is 2.06 bits per heavy atom. The summed E-state index contributed by atoms with van der Waals surface area (Å²) in [4.78, 5) is 23.6. The van der Waals surface area contributed by atoms with E-state index in [-0.39, 0.29) is 18.6 Å². The van der Waals surface area contributed by atoms with Crippen molar-refractivity contribution in [1.82, 2.24) is 0 Å². The summed E-state index contributed by atoms with van der Waals surface area (Å²) in [5.41, 5.74) is 0.137. The molecule has 1 aromatic rings. The molecule has 4 aliphatic carbocycles. The van der Waals surface area contributed by atoms with Gasteiger partial charge < -0.3 is 13.7 Å². The van der Waals surface area contributed by atoms with Gasteiger partial charge in [0.15, 0.2) is 0 Å². The van der Waals surface area contributed by atoms with Gasteiger partial charge in [0, 0.05) is 5.41 Å². The second-order valence-electron chi connectivity index (χ2n) is 9.07. The van der Waals surface area contributed by atoms with Crippen LogP contribution in [0, 0.1) is 23.2 Å². The molecule has 5 rings (SSSR count). The van der Waals surface area contributed by atoms with Crippen LogP contribution in [0.25, 0.3) is 0 Å². The third-order valence-corrected chi connectivity index (χ3v) is 7.75. The second kappa shape index (κ2) is 8.03. The molecule has 0 amide bonds. The van der Waals surface area contributed by atoms with Crippen LogP contribution in [-0.2, 0) is 35.2 Å². The summed E-state index contributed by atoms with van der Waals surface area (Å²) in [5, 5.41) is -5.03. The predicted molar refractivity (Wildman–Crippen MR) is 103 cm³/mol. The van der Waals surface area contributed by atoms with Crippen LogP contribution in [0.3, 0.4) is 0 Å². The van der Waals surface area contributed by atoms with Gasteiger partial charge in [-0.05, 0) is 61.8 Å². The molecule has 10 heteroatoms. The molecule has 1 aromatic carbocycles. The van der Waals surface area contributed by atoms with E-state index in [4.69, 9.17) is 4.74 Å². The first-order chi connectivity index (χ1) is 14.6. The van der Waals surface area contributed by atoms with E-state index in [1.54, 1.807) is 30.3 Å². The number of alkyl halides is 2. The third kappa shape index (κ3) is 4.53. The highest BCUT2D eigenvalue weighted by Gasteiger charge is 2.59. The van der Waals surface area contributed by atoms with E-state index >= 15 is 0 Å². The zero-order valence-electron chi connectivity index (χ0n) is 16.8. The van der Waals surface area contributed by atoms with Crippen LogP contribution in [0.4, 0.5) is 13.6 Å². The summed E-state index contributed by atoms with van der Waals surface area (Å²) in [6.07, 6.45) is 3.91. The minimum atomic E-state index is -5.92. The summed E-state index contributed by atoms with van der Waals surface area (Å²) >= 11 is 0. The van der Waals surface area contributed by atoms with Gasteiger partial charge in [0.25, 0.3) is 0 Å². The minimum absolute atomic E-state index is 0.251. The number of carbonyl (C=O) groups is 2. The summed E-state index contributed by atoms with van der Waals surface area (Å²) < 4.78 is 65.4. The fraction of sp³-hybridized carbons (Fsp3) is 0.619. The van der Waals surface area contributed by atoms with Crippen molar-refractivity contribution in [3.63, 3.8) is 0 Å². The monoisotopic (exact) mass is 458 g/mol. The number of ether oxygens (including phenoxy) is 2. The van der Waals surface area contributed by atoms with Crippen LogP contribution in [-0.4, -0.2) is 32.4 Å². The van der Waals surface area contributed by atoms with Gasteiger partial charge in [-0.3, -0.25) is 0 Å². The fourth-order valence-electron chi connectivity index (χ4n) is 5.75. The maximum absolute atomic E-state index is 14.3. The van der Waals surface area contributed by atoms with Crippen LogP contribution in [0.5, 0.6) is 0 Å². The van der Waals surface area contributed by atoms with Crippen LogP contribution < -0.4 is 0 Å². The lowest BCUT2D eigenvalue weighted by atomic mass is 9.50. The quantitative estimate of drug-likeness (QED) is 0.450. The molecule has 0 radical (unpaired) electrons. The summed E-state index contributed by atoms with van der Waals surface area (Å²) in [7, 11) is -5.92. The van der Waals surface area contributed by atoms with Crippen molar-refractivity contribution in [2.24, 2.45) is 23.2 Å². The van der Waals surface area contributed by atoms with Gasteiger partial charge in [0.05, 0.1) is 6.61 Å². The molecule has 0 unspecified atom stereocenters. The molecule has 0 atom stereocenters. The molecule has 4 bridgehead atoms. The first kappa shape index (κ1) is 22.0. The van der Waals surface area contributed by atoms with E-state index in [0.717, 1.165) is 38.5 Å². The highest BCUT2D eigenvalue weighted by atomic mass is 32.2. The van der Waals surface area contributed by atoms with Crippen molar-refractivity contribution in [3.05, 3.63) is 35.9 Å². The van der Waals surface area contributed by atoms with E-state index in [0.29, 0.717) is 23.3 Å². The Morgan fingerprint density at radius 1 is 0.968 bits per heavy atom. The molecule has 0 N–H and O–H groups in total. The molecule has 0 spiro atoms. The third-order valence-electron chi connectivity index (χ3n) is 6.60. The van der Waals surface area contributed by atoms with Crippen LogP contribution >= 0.6 is 0 Å². The number of halogens is 2. The van der Waals surface area contributed by atoms with Gasteiger partial charge >= 0.3 is 27.5 Å². The molecule has 0 heterocycles. The van der Waals surface area contributed by atoms with Crippen molar-refractivity contribution in [1.29, 1.82) is 0 Å². The minimum Gasteiger partial charge on any atom is -0.460 e. The van der Waals surface area contributed by atoms with E-state index in [9.17, 15) is 26.8 Å². The lowest BCUT2D eigenvalue weighted by Gasteiger charge is -2.56. The van der Waals surface area contributed by atoms with Crippen LogP contribution in [0.15, 0.2) is 30.3 Å². The van der Waals surface area contributed by atoms with E-state index in [2.05, 4.69) is 8.92 Å². The largest absolute Gasteiger partial charge is 0.524 e. The topological polar surface area (TPSA) is 96.0 Å². The van der Waals surface area contributed by atoms with Gasteiger partial charge in [0.1, 0.15) is 6.61 Å². The van der Waals surface area contributed by atoms with Gasteiger partial charge in [0.2, 0.25) is 0 Å². The summed E-state index contributed by atoms with van der Waals surface area (Å²) in [6, 6.07) is 8.17. The zero-order chi connectivity index (χ0) is 22.3. The van der Waals surface area contributed by atoms with E-state index < -0.39 is 27.5 Å². The van der Waals surface area contributed by atoms with Crippen molar-refractivity contribution in [2.45, 2.75) is 50.4 Å². The number of rotatable bonds is 7. The Hall–Kier alpha value is -2.23. The maximum Gasteiger partial charge on any atom is 0.524 e. The van der Waals surface area contributed by atoms with Gasteiger partial charge in [-0.1, -0.05) is 30.3 Å². The summed E-state index contributed by atoms with van der Waals surface area (Å²) in [6.45, 7) is -0.629. The number of hydrogen-bond donors (Lipinski definition) is 0. The highest BCUT2D eigenvalue weighted by molar-refractivity contribution is 7.89. The number of carbonyl (C=O) groups excluding carboxylic acids is 2. The normalized spacial score (nSPS) is 29.4. The molecule has 0 aromatic heterocycles. The predicted octanol–water partition coefficient (Wildman–Crippen LogP) is 4.02. The first-order valence-corrected chi connectivity index (χ1v) is 11.7. The lowest BCUT2D eigenvalue weighted by molar-refractivity contribution is -0.172. The van der Waals surface area contributed by atoms with E-state index in [1.807, 2.05) is 0 Å². The Morgan fingerprint density at radius 2 is 1.52 bits per heavy atom. The smallest absolute Gasteiger partial charge is 0.460 e. The second-order valence-corrected chi connectivity index (χ2v) is 10.7. The molecular weight excluding hydrogens is 434 g/mol. The number of esters is 1. The standard InChI is InChI=1S/C21H24F2O7S/c22-21(23,31(26,27)30-19(25)28-12-14-4-2-1-3-5-14)18(24)29-13-20-9-15-6-16(10-20)8-17(7-15)11-20/h1-5,15-17H,6-13H2. The van der Waals surface area contributed by atoms with Crippen molar-refractivity contribution >= 4 is 22.2 Å². The number of hydrogen-bond acceptors (Lipinski definition) is 7. The van der Waals surface area contributed by atoms with Crippen molar-refractivity contribution in [2.75, 3.05) is 6.61 Å². The van der Waals surface area contributed by atoms with Crippen LogP contribution in [0.2, 0.25) is 0 Å². The summed E-state index contributed by atoms with van der Waals surface area (Å²) in [5.74, 6) is -0.704. The van der Waals surface area contributed by atoms with Gasteiger partial charge in [-0.2, -0.15) is 17.2 Å². The molecule has 4 saturated carbocycles. The number of benzene rings is 1. The molecule has 31 heavy (non-hydrogen) atoms. The molecule has 4 fully saturated rings. The fourth-order valence-corrected chi connectivity index (χ4v) is 6.35. The average molecular weight is 458 g/mol. The SMILES string of the molecule is O=C(OCc1ccccc1)OS(=O)(=O)C(F)(F)C(=O)OCC12CC3CC(CC(C3)C1)C2. The van der Waals surface area contributed by atoms with Crippen LogP contribution in [0.1, 0.15) is 44.1 Å². The lowest BCUT2D eigenvalue weighted by Crippen LogP contribution is -2.49. The zero-order valence-corrected chi connectivity index (χ0v) is 17.6. The van der Waals surface area contributed by atoms with E-state index in [1.165, 1.54) is 0 Å². The molecule has 4 aliphatic rings. The molecule has 0 aliphatic heterocycles. The Bertz CT molecular complexity index is 910. The Balaban J connectivity index is 1.33. The molecule has 0 saturated heterocycles. The van der Waals surface area contributed by atoms with Gasteiger partial charge in [-0.15, -0.1) is 0 Å². The molecule has 7 nitrogen and oxygen atoms in total. The maximum atomic E-state index is 14.3. The highest BCUT2D eigenvalue weighted by Crippen LogP contribution is 2.60. The van der Waals surface area contributed by atoms with Crippen molar-refractivity contribution < 1.29 is 40.4 Å². The molecular formula is C21H24F2O7S.